The topological polar surface area (TPSA) is 77.8 Å². The van der Waals surface area contributed by atoms with Crippen LogP contribution in [0.1, 0.15) is 49.9 Å². The Kier molecular flexibility index (Phi) is 10.6. The van der Waals surface area contributed by atoms with E-state index in [1.165, 1.54) is 22.3 Å². The number of aromatic nitrogens is 2. The van der Waals surface area contributed by atoms with E-state index < -0.39 is 0 Å². The number of rotatable bonds is 7. The summed E-state index contributed by atoms with van der Waals surface area (Å²) in [5.41, 5.74) is 7.80. The van der Waals surface area contributed by atoms with Crippen LogP contribution < -0.4 is 26.1 Å². The van der Waals surface area contributed by atoms with Gasteiger partial charge in [0, 0.05) is 48.3 Å². The van der Waals surface area contributed by atoms with E-state index >= 15 is 0 Å². The molecule has 1 fully saturated rings. The fourth-order valence-electron chi connectivity index (χ4n) is 4.31. The molecular weight excluding hydrogens is 482 g/mol. The summed E-state index contributed by atoms with van der Waals surface area (Å²) in [6.07, 6.45) is 6.19. The highest BCUT2D eigenvalue weighted by Crippen LogP contribution is 2.24. The van der Waals surface area contributed by atoms with E-state index in [1.54, 1.807) is 12.4 Å². The van der Waals surface area contributed by atoms with Gasteiger partial charge < -0.3 is 15.5 Å². The van der Waals surface area contributed by atoms with Gasteiger partial charge in [0.2, 0.25) is 5.95 Å². The minimum absolute atomic E-state index is 0.637. The van der Waals surface area contributed by atoms with Crippen molar-refractivity contribution >= 4 is 42.2 Å². The summed E-state index contributed by atoms with van der Waals surface area (Å²) in [5.74, 6) is 1.28. The van der Waals surface area contributed by atoms with Crippen LogP contribution in [0.2, 0.25) is 0 Å². The van der Waals surface area contributed by atoms with Crippen molar-refractivity contribution in [3.63, 3.8) is 0 Å². The Labute approximate surface area is 232 Å². The summed E-state index contributed by atoms with van der Waals surface area (Å²) < 4.78 is 0. The van der Waals surface area contributed by atoms with Crippen LogP contribution in [0.25, 0.3) is 12.4 Å². The number of benzene rings is 2. The summed E-state index contributed by atoms with van der Waals surface area (Å²) in [7, 11) is 0. The van der Waals surface area contributed by atoms with Gasteiger partial charge in [0.25, 0.3) is 0 Å². The van der Waals surface area contributed by atoms with E-state index in [1.807, 2.05) is 33.9 Å². The fraction of sp³-hybridized carbons (Fsp3) is 0.312. The first-order chi connectivity index (χ1) is 18.9. The van der Waals surface area contributed by atoms with Gasteiger partial charge in [0.05, 0.1) is 12.2 Å². The van der Waals surface area contributed by atoms with Crippen LogP contribution in [0.15, 0.2) is 64.9 Å². The largest absolute Gasteiger partial charge is 0.386 e. The number of aryl methyl sites for hydroxylation is 2. The van der Waals surface area contributed by atoms with Crippen molar-refractivity contribution < 1.29 is 0 Å². The molecule has 39 heavy (non-hydrogen) atoms. The first-order valence-electron chi connectivity index (χ1n) is 13.5. The quantitative estimate of drug-likeness (QED) is 0.425. The zero-order chi connectivity index (χ0) is 28.4. The van der Waals surface area contributed by atoms with Gasteiger partial charge in [-0.25, -0.2) is 15.0 Å². The van der Waals surface area contributed by atoms with Gasteiger partial charge in [-0.1, -0.05) is 45.2 Å². The summed E-state index contributed by atoms with van der Waals surface area (Å²) in [6, 6.07) is 12.9. The van der Waals surface area contributed by atoms with Crippen molar-refractivity contribution in [3.8, 4) is 0 Å². The van der Waals surface area contributed by atoms with Gasteiger partial charge in [0.1, 0.15) is 5.35 Å². The summed E-state index contributed by atoms with van der Waals surface area (Å²) in [6.45, 7) is 22.5. The van der Waals surface area contributed by atoms with E-state index in [2.05, 4.69) is 93.9 Å². The number of piperazine rings is 1. The molecule has 4 rings (SSSR count). The number of anilines is 2. The smallest absolute Gasteiger partial charge is 0.226 e. The lowest BCUT2D eigenvalue weighted by molar-refractivity contribution is 0.648. The second-order valence-corrected chi connectivity index (χ2v) is 9.18. The molecule has 0 bridgehead atoms. The molecule has 3 aromatic rings. The predicted octanol–water partition coefficient (Wildman–Crippen LogP) is 5.03. The van der Waals surface area contributed by atoms with Crippen molar-refractivity contribution in [3.05, 3.63) is 87.7 Å². The Morgan fingerprint density at radius 2 is 1.87 bits per heavy atom. The first kappa shape index (κ1) is 29.3. The van der Waals surface area contributed by atoms with E-state index in [4.69, 9.17) is 4.98 Å². The second kappa shape index (κ2) is 14.0. The number of hydrogen-bond donors (Lipinski definition) is 2. The molecule has 0 atom stereocenters. The third-order valence-electron chi connectivity index (χ3n) is 6.30. The van der Waals surface area contributed by atoms with Gasteiger partial charge in [0.15, 0.2) is 5.82 Å². The molecule has 0 radical (unpaired) electrons. The predicted molar refractivity (Wildman–Crippen MR) is 168 cm³/mol. The van der Waals surface area contributed by atoms with Crippen LogP contribution in [0, 0.1) is 13.8 Å². The van der Waals surface area contributed by atoms with Crippen molar-refractivity contribution in [1.82, 2.24) is 15.3 Å². The third kappa shape index (κ3) is 7.63. The molecule has 0 unspecified atom stereocenters. The maximum absolute atomic E-state index is 4.83. The van der Waals surface area contributed by atoms with Crippen LogP contribution in [0.4, 0.5) is 17.3 Å². The molecule has 7 nitrogen and oxygen atoms in total. The minimum Gasteiger partial charge on any atom is -0.386 e. The van der Waals surface area contributed by atoms with Gasteiger partial charge in [-0.05, 0) is 74.6 Å². The van der Waals surface area contributed by atoms with Gasteiger partial charge >= 0.3 is 0 Å². The van der Waals surface area contributed by atoms with E-state index in [0.717, 1.165) is 36.6 Å². The number of nitrogens with zero attached hydrogens (tertiary/aromatic N) is 5. The molecule has 2 heterocycles. The highest BCUT2D eigenvalue weighted by molar-refractivity contribution is 5.71. The number of hydrogen-bond acceptors (Lipinski definition) is 7. The van der Waals surface area contributed by atoms with Crippen LogP contribution >= 0.6 is 0 Å². The maximum atomic E-state index is 4.83. The van der Waals surface area contributed by atoms with Crippen molar-refractivity contribution in [2.45, 2.75) is 48.0 Å². The maximum Gasteiger partial charge on any atom is 0.226 e. The lowest BCUT2D eigenvalue weighted by Gasteiger charge is -2.29. The van der Waals surface area contributed by atoms with Crippen molar-refractivity contribution in [2.75, 3.05) is 29.9 Å². The van der Waals surface area contributed by atoms with Gasteiger partial charge in [-0.15, -0.1) is 0 Å². The zero-order valence-corrected chi connectivity index (χ0v) is 24.2. The molecule has 2 aromatic carbocycles. The molecule has 1 aliphatic heterocycles. The molecular formula is C32H41N7. The van der Waals surface area contributed by atoms with E-state index in [9.17, 15) is 0 Å². The molecule has 204 valence electrons. The Balaban J connectivity index is 0.00000205. The fourth-order valence-corrected chi connectivity index (χ4v) is 4.31. The number of nitrogens with one attached hydrogen (secondary N) is 2. The molecule has 0 saturated carbocycles. The molecule has 1 aromatic heterocycles. The molecule has 1 saturated heterocycles. The molecule has 2 N–H and O–H groups in total. The van der Waals surface area contributed by atoms with Crippen LogP contribution in [0.3, 0.4) is 0 Å². The Morgan fingerprint density at radius 3 is 2.56 bits per heavy atom. The number of aliphatic imine (C=N–C) groups is 2. The summed E-state index contributed by atoms with van der Waals surface area (Å²) >= 11 is 0. The van der Waals surface area contributed by atoms with Crippen LogP contribution in [-0.2, 0) is 6.42 Å². The standard InChI is InChI=1S/C30H35N7.C2H6/c1-7-31-27-17-24(10-9-20(27)3)16-25-11-12-26(15-21(25)4)35-29(32-8-2)28-22(5)18-34-30(36-28)37-14-13-33-23(6)19-37;1-2/h7-12,15,17-18,33,35H,5-6,13-14,16,19H2,1-4H3;1-2H3/b29-28-,31-7?,32-8-;. The molecule has 0 amide bonds. The van der Waals surface area contributed by atoms with Crippen LogP contribution in [-0.4, -0.2) is 42.0 Å². The Hall–Kier alpha value is -4.26. The SMILES string of the molecule is C=C1CN(c2ncc(=C)/c(=C(\N=C/C)Nc3ccc(Cc4ccc(C)c(N=CC)c4)c(C)c3)n2)CCN1.CC. The Morgan fingerprint density at radius 1 is 1.08 bits per heavy atom. The third-order valence-corrected chi connectivity index (χ3v) is 6.30. The monoisotopic (exact) mass is 523 g/mol. The molecule has 0 aliphatic carbocycles. The summed E-state index contributed by atoms with van der Waals surface area (Å²) in [5, 5.41) is 8.12. The first-order valence-corrected chi connectivity index (χ1v) is 13.5. The summed E-state index contributed by atoms with van der Waals surface area (Å²) in [4.78, 5) is 20.5. The Bertz CT molecular complexity index is 1470. The van der Waals surface area contributed by atoms with Crippen LogP contribution in [0.5, 0.6) is 0 Å². The minimum atomic E-state index is 0.637. The normalized spacial score (nSPS) is 14.2. The van der Waals surface area contributed by atoms with Gasteiger partial charge in [-0.3, -0.25) is 4.99 Å². The molecule has 0 spiro atoms. The average Bonchev–Trinajstić information content (AvgIpc) is 2.93. The van der Waals surface area contributed by atoms with Gasteiger partial charge in [-0.2, -0.15) is 0 Å². The highest BCUT2D eigenvalue weighted by atomic mass is 15.3. The van der Waals surface area contributed by atoms with E-state index in [0.29, 0.717) is 28.9 Å². The lowest BCUT2D eigenvalue weighted by atomic mass is 9.98. The lowest BCUT2D eigenvalue weighted by Crippen LogP contribution is -2.44. The highest BCUT2D eigenvalue weighted by Gasteiger charge is 2.16. The van der Waals surface area contributed by atoms with Crippen molar-refractivity contribution in [1.29, 1.82) is 0 Å². The molecule has 1 aliphatic rings. The molecule has 7 heteroatoms. The van der Waals surface area contributed by atoms with Crippen molar-refractivity contribution in [2.24, 2.45) is 9.98 Å². The second-order valence-electron chi connectivity index (χ2n) is 9.18. The average molecular weight is 524 g/mol. The zero-order valence-electron chi connectivity index (χ0n) is 24.2. The van der Waals surface area contributed by atoms with E-state index in [-0.39, 0.29) is 0 Å².